The Morgan fingerprint density at radius 1 is 1.50 bits per heavy atom. The Hall–Kier alpha value is -0.750. The van der Waals surface area contributed by atoms with Crippen molar-refractivity contribution in [1.29, 1.82) is 0 Å². The van der Waals surface area contributed by atoms with Crippen molar-refractivity contribution < 1.29 is 5.11 Å². The molecule has 2 heterocycles. The van der Waals surface area contributed by atoms with Gasteiger partial charge in [-0.3, -0.25) is 0 Å². The van der Waals surface area contributed by atoms with Crippen LogP contribution in [0.1, 0.15) is 48.0 Å². The van der Waals surface area contributed by atoms with E-state index < -0.39 is 5.60 Å². The van der Waals surface area contributed by atoms with Crippen LogP contribution in [-0.4, -0.2) is 16.6 Å². The molecule has 5 heteroatoms. The van der Waals surface area contributed by atoms with Gasteiger partial charge in [-0.2, -0.15) is 11.3 Å². The molecule has 110 valence electrons. The molecule has 2 rings (SSSR count). The summed E-state index contributed by atoms with van der Waals surface area (Å²) in [5.41, 5.74) is 1.24. The predicted octanol–water partition coefficient (Wildman–Crippen LogP) is 3.63. The van der Waals surface area contributed by atoms with E-state index in [1.165, 1.54) is 9.88 Å². The Morgan fingerprint density at radius 2 is 2.25 bits per heavy atom. The highest BCUT2D eigenvalue weighted by Gasteiger charge is 2.25. The highest BCUT2D eigenvalue weighted by atomic mass is 32.1. The van der Waals surface area contributed by atoms with E-state index in [0.29, 0.717) is 6.54 Å². The fourth-order valence-electron chi connectivity index (χ4n) is 2.14. The van der Waals surface area contributed by atoms with Crippen molar-refractivity contribution in [3.63, 3.8) is 0 Å². The second kappa shape index (κ2) is 6.35. The van der Waals surface area contributed by atoms with Crippen LogP contribution in [0.2, 0.25) is 0 Å². The number of nitrogens with one attached hydrogen (secondary N) is 1. The normalized spacial score (nSPS) is 16.1. The molecule has 0 fully saturated rings. The molecule has 0 aromatic carbocycles. The molecule has 2 aromatic rings. The maximum absolute atomic E-state index is 10.5. The van der Waals surface area contributed by atoms with Gasteiger partial charge in [-0.05, 0) is 49.6 Å². The third-order valence-corrected chi connectivity index (χ3v) is 5.64. The van der Waals surface area contributed by atoms with E-state index in [-0.39, 0.29) is 6.04 Å². The lowest BCUT2D eigenvalue weighted by atomic mass is 9.99. The van der Waals surface area contributed by atoms with E-state index in [1.807, 2.05) is 23.8 Å². The Balaban J connectivity index is 2.01. The van der Waals surface area contributed by atoms with Crippen LogP contribution in [0.5, 0.6) is 0 Å². The van der Waals surface area contributed by atoms with Crippen molar-refractivity contribution in [3.8, 4) is 0 Å². The molecule has 0 spiro atoms. The number of thiophene rings is 1. The van der Waals surface area contributed by atoms with E-state index in [9.17, 15) is 5.11 Å². The molecule has 0 aliphatic heterocycles. The molecule has 0 aliphatic carbocycles. The summed E-state index contributed by atoms with van der Waals surface area (Å²) >= 11 is 3.37. The van der Waals surface area contributed by atoms with Crippen LogP contribution in [0.15, 0.2) is 16.8 Å². The summed E-state index contributed by atoms with van der Waals surface area (Å²) < 4.78 is 0. The van der Waals surface area contributed by atoms with Crippen LogP contribution in [0.3, 0.4) is 0 Å². The van der Waals surface area contributed by atoms with Crippen molar-refractivity contribution in [2.75, 3.05) is 6.54 Å². The summed E-state index contributed by atoms with van der Waals surface area (Å²) in [7, 11) is 0. The van der Waals surface area contributed by atoms with Crippen molar-refractivity contribution >= 4 is 22.7 Å². The predicted molar refractivity (Wildman–Crippen MR) is 86.5 cm³/mol. The van der Waals surface area contributed by atoms with Gasteiger partial charge in [-0.25, -0.2) is 4.98 Å². The summed E-state index contributed by atoms with van der Waals surface area (Å²) in [6, 6.07) is 2.18. The lowest BCUT2D eigenvalue weighted by Gasteiger charge is -2.25. The average molecular weight is 310 g/mol. The maximum Gasteiger partial charge on any atom is 0.100 e. The number of aromatic nitrogens is 1. The van der Waals surface area contributed by atoms with E-state index >= 15 is 0 Å². The number of aryl methyl sites for hydroxylation is 2. The first-order chi connectivity index (χ1) is 9.44. The quantitative estimate of drug-likeness (QED) is 0.856. The topological polar surface area (TPSA) is 45.2 Å². The van der Waals surface area contributed by atoms with Gasteiger partial charge in [0.25, 0.3) is 0 Å². The van der Waals surface area contributed by atoms with Crippen molar-refractivity contribution in [2.24, 2.45) is 0 Å². The van der Waals surface area contributed by atoms with E-state index in [0.717, 1.165) is 17.7 Å². The molecule has 0 radical (unpaired) electrons. The van der Waals surface area contributed by atoms with Crippen LogP contribution in [0.4, 0.5) is 0 Å². The van der Waals surface area contributed by atoms with Crippen molar-refractivity contribution in [2.45, 2.75) is 45.8 Å². The Kier molecular flexibility index (Phi) is 4.96. The monoisotopic (exact) mass is 310 g/mol. The van der Waals surface area contributed by atoms with E-state index in [2.05, 4.69) is 31.1 Å². The second-order valence-electron chi connectivity index (χ2n) is 5.30. The van der Waals surface area contributed by atoms with Gasteiger partial charge in [0, 0.05) is 17.5 Å². The second-order valence-corrected chi connectivity index (χ2v) is 7.19. The average Bonchev–Trinajstić information content (AvgIpc) is 3.05. The molecule has 2 aromatic heterocycles. The molecule has 0 amide bonds. The molecule has 20 heavy (non-hydrogen) atoms. The zero-order valence-electron chi connectivity index (χ0n) is 12.4. The fraction of sp³-hybridized carbons (Fsp3) is 0.533. The summed E-state index contributed by atoms with van der Waals surface area (Å²) in [5, 5.41) is 19.1. The number of aliphatic hydroxyl groups is 1. The molecular weight excluding hydrogens is 288 g/mol. The minimum Gasteiger partial charge on any atom is -0.384 e. The largest absolute Gasteiger partial charge is 0.384 e. The SMILES string of the molecule is CCc1nc(C)c(C(C)NCC(C)(O)c2ccsc2)s1. The molecule has 0 bridgehead atoms. The zero-order chi connectivity index (χ0) is 14.8. The summed E-state index contributed by atoms with van der Waals surface area (Å²) in [5.74, 6) is 0. The first-order valence-electron chi connectivity index (χ1n) is 6.88. The molecule has 2 unspecified atom stereocenters. The number of nitrogens with zero attached hydrogens (tertiary/aromatic N) is 1. The molecule has 2 atom stereocenters. The van der Waals surface area contributed by atoms with Crippen LogP contribution >= 0.6 is 22.7 Å². The van der Waals surface area contributed by atoms with Gasteiger partial charge in [0.2, 0.25) is 0 Å². The molecule has 3 nitrogen and oxygen atoms in total. The van der Waals surface area contributed by atoms with Gasteiger partial charge in [-0.1, -0.05) is 6.92 Å². The third kappa shape index (κ3) is 3.47. The Morgan fingerprint density at radius 3 is 2.80 bits per heavy atom. The lowest BCUT2D eigenvalue weighted by molar-refractivity contribution is 0.0549. The van der Waals surface area contributed by atoms with Crippen molar-refractivity contribution in [3.05, 3.63) is 38.0 Å². The van der Waals surface area contributed by atoms with Crippen molar-refractivity contribution in [1.82, 2.24) is 10.3 Å². The zero-order valence-corrected chi connectivity index (χ0v) is 14.1. The number of thiazole rings is 1. The van der Waals surface area contributed by atoms with Gasteiger partial charge < -0.3 is 10.4 Å². The van der Waals surface area contributed by atoms with E-state index in [1.54, 1.807) is 22.7 Å². The number of rotatable bonds is 6. The highest BCUT2D eigenvalue weighted by Crippen LogP contribution is 2.27. The highest BCUT2D eigenvalue weighted by molar-refractivity contribution is 7.11. The van der Waals surface area contributed by atoms with Gasteiger partial charge in [-0.15, -0.1) is 11.3 Å². The minimum atomic E-state index is -0.833. The van der Waals surface area contributed by atoms with Gasteiger partial charge in [0.15, 0.2) is 0 Å². The van der Waals surface area contributed by atoms with Crippen LogP contribution in [0, 0.1) is 6.92 Å². The maximum atomic E-state index is 10.5. The number of hydrogen-bond donors (Lipinski definition) is 2. The standard InChI is InChI=1S/C15H22N2OS2/c1-5-13-17-11(3)14(20-13)10(2)16-9-15(4,18)12-6-7-19-8-12/h6-8,10,16,18H,5,9H2,1-4H3. The summed E-state index contributed by atoms with van der Waals surface area (Å²) in [4.78, 5) is 5.83. The Bertz CT molecular complexity index is 546. The van der Waals surface area contributed by atoms with E-state index in [4.69, 9.17) is 0 Å². The molecule has 0 aliphatic rings. The Labute approximate surface area is 128 Å². The summed E-state index contributed by atoms with van der Waals surface area (Å²) in [6.07, 6.45) is 0.977. The summed E-state index contributed by atoms with van der Waals surface area (Å²) in [6.45, 7) is 8.70. The molecular formula is C15H22N2OS2. The number of hydrogen-bond acceptors (Lipinski definition) is 5. The first kappa shape index (κ1) is 15.6. The fourth-order valence-corrected chi connectivity index (χ4v) is 3.95. The van der Waals surface area contributed by atoms with Crippen LogP contribution < -0.4 is 5.32 Å². The molecule has 0 saturated carbocycles. The third-order valence-electron chi connectivity index (χ3n) is 3.47. The van der Waals surface area contributed by atoms with Gasteiger partial charge in [0.05, 0.1) is 10.7 Å². The van der Waals surface area contributed by atoms with Gasteiger partial charge in [0.1, 0.15) is 5.60 Å². The molecule has 0 saturated heterocycles. The first-order valence-corrected chi connectivity index (χ1v) is 8.64. The van der Waals surface area contributed by atoms with Crippen LogP contribution in [-0.2, 0) is 12.0 Å². The lowest BCUT2D eigenvalue weighted by Crippen LogP contribution is -2.36. The molecule has 2 N–H and O–H groups in total. The smallest absolute Gasteiger partial charge is 0.100 e. The van der Waals surface area contributed by atoms with Gasteiger partial charge >= 0.3 is 0 Å². The van der Waals surface area contributed by atoms with Crippen LogP contribution in [0.25, 0.3) is 0 Å². The minimum absolute atomic E-state index is 0.206.